The van der Waals surface area contributed by atoms with E-state index in [0.29, 0.717) is 6.42 Å². The van der Waals surface area contributed by atoms with E-state index in [4.69, 9.17) is 19.3 Å². The molecule has 0 aromatic heterocycles. The number of hydrogen-bond acceptors (Lipinski definition) is 6. The minimum Gasteiger partial charge on any atom is -0.462 e. The molecule has 0 radical (unpaired) electrons. The third-order valence-corrected chi connectivity index (χ3v) is 9.02. The summed E-state index contributed by atoms with van der Waals surface area (Å²) < 4.78 is 26.3. The number of carbonyl (C=O) groups is 2. The van der Waals surface area contributed by atoms with E-state index in [1.54, 1.807) is 0 Å². The molecule has 0 aromatic rings. The molecule has 0 unspecified atom stereocenters. The topological polar surface area (TPSA) is 119 Å². The minimum atomic E-state index is -4.74. The zero-order valence-corrected chi connectivity index (χ0v) is 31.3. The maximum atomic E-state index is 12.4. The summed E-state index contributed by atoms with van der Waals surface area (Å²) in [5.41, 5.74) is 0. The minimum absolute atomic E-state index is 0.214. The number of esters is 2. The van der Waals surface area contributed by atoms with Crippen LogP contribution in [0.25, 0.3) is 0 Å². The molecule has 47 heavy (non-hydrogen) atoms. The molecule has 0 saturated carbocycles. The summed E-state index contributed by atoms with van der Waals surface area (Å²) >= 11 is 0. The summed E-state index contributed by atoms with van der Waals surface area (Å²) in [5, 5.41) is 0. The van der Waals surface area contributed by atoms with E-state index in [0.717, 1.165) is 38.5 Å². The van der Waals surface area contributed by atoms with Crippen molar-refractivity contribution in [3.8, 4) is 0 Å². The molecule has 0 heterocycles. The number of unbranched alkanes of at least 4 members (excludes halogenated alkanes) is 24. The average molecular weight is 689 g/mol. The average Bonchev–Trinajstić information content (AvgIpc) is 3.04. The van der Waals surface area contributed by atoms with Crippen LogP contribution >= 0.6 is 7.82 Å². The number of phosphoric ester groups is 1. The van der Waals surface area contributed by atoms with E-state index in [1.165, 1.54) is 128 Å². The van der Waals surface area contributed by atoms with E-state index in [9.17, 15) is 14.2 Å². The monoisotopic (exact) mass is 689 g/mol. The highest BCUT2D eigenvalue weighted by molar-refractivity contribution is 7.46. The first-order valence-electron chi connectivity index (χ1n) is 19.5. The van der Waals surface area contributed by atoms with Gasteiger partial charge in [-0.3, -0.25) is 14.1 Å². The number of phosphoric acid groups is 1. The van der Waals surface area contributed by atoms with E-state index in [1.807, 2.05) is 0 Å². The van der Waals surface area contributed by atoms with Crippen molar-refractivity contribution in [1.29, 1.82) is 0 Å². The fourth-order valence-corrected chi connectivity index (χ4v) is 5.96. The van der Waals surface area contributed by atoms with Crippen LogP contribution in [0, 0.1) is 0 Å². The third-order valence-electron chi connectivity index (χ3n) is 8.53. The molecule has 0 aliphatic heterocycles. The van der Waals surface area contributed by atoms with Gasteiger partial charge in [0.05, 0.1) is 6.61 Å². The van der Waals surface area contributed by atoms with Crippen LogP contribution in [0.4, 0.5) is 0 Å². The summed E-state index contributed by atoms with van der Waals surface area (Å²) in [5.74, 6) is -0.879. The van der Waals surface area contributed by atoms with Crippen molar-refractivity contribution in [2.24, 2.45) is 0 Å². The summed E-state index contributed by atoms with van der Waals surface area (Å²) in [6.07, 6.45) is 36.4. The lowest BCUT2D eigenvalue weighted by Crippen LogP contribution is -2.29. The van der Waals surface area contributed by atoms with Crippen LogP contribution in [-0.4, -0.2) is 41.0 Å². The number of ether oxygens (including phenoxy) is 2. The predicted octanol–water partition coefficient (Wildman–Crippen LogP) is 11.5. The molecule has 0 aliphatic rings. The smallest absolute Gasteiger partial charge is 0.462 e. The van der Waals surface area contributed by atoms with Crippen LogP contribution in [0.3, 0.4) is 0 Å². The summed E-state index contributed by atoms with van der Waals surface area (Å²) in [4.78, 5) is 42.7. The molecule has 0 saturated heterocycles. The Bertz CT molecular complexity index is 782. The molecule has 0 aliphatic carbocycles. The van der Waals surface area contributed by atoms with Gasteiger partial charge in [0.15, 0.2) is 6.10 Å². The Morgan fingerprint density at radius 2 is 0.894 bits per heavy atom. The Morgan fingerprint density at radius 3 is 1.32 bits per heavy atom. The molecule has 278 valence electrons. The Labute approximate surface area is 288 Å². The van der Waals surface area contributed by atoms with Gasteiger partial charge in [0.1, 0.15) is 6.61 Å². The molecule has 0 bridgehead atoms. The Kier molecular flexibility index (Phi) is 33.8. The predicted molar refractivity (Wildman–Crippen MR) is 193 cm³/mol. The van der Waals surface area contributed by atoms with Crippen molar-refractivity contribution in [1.82, 2.24) is 0 Å². The van der Waals surface area contributed by atoms with Crippen LogP contribution in [0.2, 0.25) is 0 Å². The molecule has 0 spiro atoms. The second kappa shape index (κ2) is 34.6. The molecule has 0 rings (SSSR count). The largest absolute Gasteiger partial charge is 0.469 e. The van der Waals surface area contributed by atoms with Gasteiger partial charge < -0.3 is 19.3 Å². The zero-order chi connectivity index (χ0) is 34.7. The summed E-state index contributed by atoms with van der Waals surface area (Å²) in [7, 11) is -4.74. The molecule has 0 amide bonds. The lowest BCUT2D eigenvalue weighted by atomic mass is 10.0. The van der Waals surface area contributed by atoms with Crippen LogP contribution < -0.4 is 0 Å². The van der Waals surface area contributed by atoms with Crippen molar-refractivity contribution in [2.45, 2.75) is 206 Å². The van der Waals surface area contributed by atoms with Crippen LogP contribution in [0.5, 0.6) is 0 Å². The molecule has 8 nitrogen and oxygen atoms in total. The van der Waals surface area contributed by atoms with E-state index in [-0.39, 0.29) is 19.4 Å². The van der Waals surface area contributed by atoms with Crippen LogP contribution in [-0.2, 0) is 28.2 Å². The molecule has 9 heteroatoms. The van der Waals surface area contributed by atoms with Crippen LogP contribution in [0.15, 0.2) is 12.2 Å². The van der Waals surface area contributed by atoms with Gasteiger partial charge in [0.2, 0.25) is 0 Å². The molecular weight excluding hydrogens is 615 g/mol. The number of rotatable bonds is 36. The van der Waals surface area contributed by atoms with Crippen molar-refractivity contribution in [2.75, 3.05) is 13.2 Å². The van der Waals surface area contributed by atoms with E-state index in [2.05, 4.69) is 30.5 Å². The van der Waals surface area contributed by atoms with E-state index < -0.39 is 32.5 Å². The standard InChI is InChI=1S/C38H73O8P/c1-3-5-7-9-11-13-15-17-18-19-20-21-23-25-27-29-31-33-38(40)46-36(35-45-47(41,42)43)34-44-37(39)32-30-28-26-24-22-16-14-12-10-8-6-4-2/h13,15,36H,3-12,14,16-35H2,1-2H3,(H2,41,42,43)/b15-13+/t36-/m1/s1. The molecule has 2 N–H and O–H groups in total. The van der Waals surface area contributed by atoms with E-state index >= 15 is 0 Å². The Balaban J connectivity index is 3.91. The normalized spacial score (nSPS) is 12.5. The van der Waals surface area contributed by atoms with Gasteiger partial charge in [-0.1, -0.05) is 161 Å². The van der Waals surface area contributed by atoms with Gasteiger partial charge in [-0.25, -0.2) is 4.57 Å². The SMILES string of the molecule is CCCCCC/C=C/CCCCCCCCCCCC(=O)O[C@H](COC(=O)CCCCCCCCCCCCCC)COP(=O)(O)O. The lowest BCUT2D eigenvalue weighted by Gasteiger charge is -2.18. The zero-order valence-electron chi connectivity index (χ0n) is 30.4. The first-order chi connectivity index (χ1) is 22.8. The second-order valence-electron chi connectivity index (χ2n) is 13.3. The summed E-state index contributed by atoms with van der Waals surface area (Å²) in [6, 6.07) is 0. The number of carbonyl (C=O) groups excluding carboxylic acids is 2. The highest BCUT2D eigenvalue weighted by Gasteiger charge is 2.22. The molecule has 0 fully saturated rings. The number of hydrogen-bond donors (Lipinski definition) is 2. The van der Waals surface area contributed by atoms with Gasteiger partial charge in [0.25, 0.3) is 0 Å². The van der Waals surface area contributed by atoms with Crippen molar-refractivity contribution in [3.63, 3.8) is 0 Å². The van der Waals surface area contributed by atoms with Gasteiger partial charge in [0, 0.05) is 12.8 Å². The van der Waals surface area contributed by atoms with Gasteiger partial charge >= 0.3 is 19.8 Å². The lowest BCUT2D eigenvalue weighted by molar-refractivity contribution is -0.161. The van der Waals surface area contributed by atoms with Crippen molar-refractivity contribution >= 4 is 19.8 Å². The van der Waals surface area contributed by atoms with Gasteiger partial charge in [-0.2, -0.15) is 0 Å². The highest BCUT2D eigenvalue weighted by Crippen LogP contribution is 2.36. The Hall–Kier alpha value is -1.21. The molecule has 1 atom stereocenters. The van der Waals surface area contributed by atoms with Gasteiger partial charge in [-0.05, 0) is 38.5 Å². The molecule has 0 aromatic carbocycles. The van der Waals surface area contributed by atoms with Gasteiger partial charge in [-0.15, -0.1) is 0 Å². The van der Waals surface area contributed by atoms with Crippen molar-refractivity contribution < 1.29 is 37.9 Å². The first kappa shape index (κ1) is 45.8. The first-order valence-corrected chi connectivity index (χ1v) is 21.0. The Morgan fingerprint density at radius 1 is 0.532 bits per heavy atom. The third kappa shape index (κ3) is 37.5. The van der Waals surface area contributed by atoms with Crippen LogP contribution in [0.1, 0.15) is 200 Å². The highest BCUT2D eigenvalue weighted by atomic mass is 31.2. The maximum absolute atomic E-state index is 12.4. The quantitative estimate of drug-likeness (QED) is 0.0289. The number of allylic oxidation sites excluding steroid dienone is 2. The van der Waals surface area contributed by atoms with Crippen molar-refractivity contribution in [3.05, 3.63) is 12.2 Å². The second-order valence-corrected chi connectivity index (χ2v) is 14.5. The summed E-state index contributed by atoms with van der Waals surface area (Å²) in [6.45, 7) is 3.67. The fourth-order valence-electron chi connectivity index (χ4n) is 5.60. The maximum Gasteiger partial charge on any atom is 0.469 e. The fraction of sp³-hybridized carbons (Fsp3) is 0.895. The molecular formula is C38H73O8P.